The number of β-lactam (4-membered cyclic amide) rings is 2. The van der Waals surface area contributed by atoms with Crippen LogP contribution in [0.3, 0.4) is 0 Å². The van der Waals surface area contributed by atoms with Gasteiger partial charge in [-0.15, -0.1) is 0 Å². The Labute approximate surface area is 96.6 Å². The van der Waals surface area contributed by atoms with Crippen LogP contribution >= 0.6 is 0 Å². The maximum absolute atomic E-state index is 11.0. The SMILES string of the molecule is O=C1CCN1CCCCCCN1CCC1=O. The van der Waals surface area contributed by atoms with Gasteiger partial charge in [-0.3, -0.25) is 9.59 Å². The third-order valence-corrected chi connectivity index (χ3v) is 3.50. The summed E-state index contributed by atoms with van der Waals surface area (Å²) >= 11 is 0. The summed E-state index contributed by atoms with van der Waals surface area (Å²) < 4.78 is 0. The van der Waals surface area contributed by atoms with Crippen molar-refractivity contribution in [1.82, 2.24) is 9.80 Å². The molecule has 0 bridgehead atoms. The van der Waals surface area contributed by atoms with E-state index in [0.717, 1.165) is 51.9 Å². The predicted octanol–water partition coefficient (Wildman–Crippen LogP) is 1.01. The van der Waals surface area contributed by atoms with Crippen molar-refractivity contribution in [3.63, 3.8) is 0 Å². The Bertz CT molecular complexity index is 250. The van der Waals surface area contributed by atoms with Crippen molar-refractivity contribution >= 4 is 11.8 Å². The third kappa shape index (κ3) is 2.74. The maximum Gasteiger partial charge on any atom is 0.224 e. The first kappa shape index (κ1) is 11.4. The van der Waals surface area contributed by atoms with Crippen LogP contribution in [0.5, 0.6) is 0 Å². The molecule has 0 aromatic rings. The molecule has 0 atom stereocenters. The van der Waals surface area contributed by atoms with Gasteiger partial charge in [0, 0.05) is 39.0 Å². The van der Waals surface area contributed by atoms with Gasteiger partial charge in [-0.2, -0.15) is 0 Å². The summed E-state index contributed by atoms with van der Waals surface area (Å²) in [7, 11) is 0. The molecule has 0 aromatic heterocycles. The predicted molar refractivity (Wildman–Crippen MR) is 60.9 cm³/mol. The minimum absolute atomic E-state index is 0.311. The summed E-state index contributed by atoms with van der Waals surface area (Å²) in [5.41, 5.74) is 0. The van der Waals surface area contributed by atoms with Crippen molar-refractivity contribution < 1.29 is 9.59 Å². The number of carbonyl (C=O) groups excluding carboxylic acids is 2. The Hall–Kier alpha value is -1.06. The minimum Gasteiger partial charge on any atom is -0.342 e. The average Bonchev–Trinajstić information content (AvgIpc) is 2.28. The fraction of sp³-hybridized carbons (Fsp3) is 0.833. The normalized spacial score (nSPS) is 19.8. The van der Waals surface area contributed by atoms with Crippen LogP contribution in [-0.4, -0.2) is 47.8 Å². The first-order valence-electron chi connectivity index (χ1n) is 6.33. The number of carbonyl (C=O) groups is 2. The number of hydrogen-bond acceptors (Lipinski definition) is 2. The van der Waals surface area contributed by atoms with E-state index in [1.807, 2.05) is 9.80 Å². The zero-order valence-electron chi connectivity index (χ0n) is 9.78. The maximum atomic E-state index is 11.0. The number of amides is 2. The average molecular weight is 224 g/mol. The molecule has 2 saturated heterocycles. The lowest BCUT2D eigenvalue weighted by Gasteiger charge is -2.31. The van der Waals surface area contributed by atoms with E-state index in [1.54, 1.807) is 0 Å². The van der Waals surface area contributed by atoms with Crippen molar-refractivity contribution in [3.8, 4) is 0 Å². The van der Waals surface area contributed by atoms with Crippen molar-refractivity contribution in [1.29, 1.82) is 0 Å². The highest BCUT2D eigenvalue weighted by Crippen LogP contribution is 2.12. The Morgan fingerprint density at radius 2 is 1.19 bits per heavy atom. The van der Waals surface area contributed by atoms with Crippen molar-refractivity contribution in [2.24, 2.45) is 0 Å². The van der Waals surface area contributed by atoms with E-state index in [2.05, 4.69) is 0 Å². The molecule has 2 aliphatic rings. The van der Waals surface area contributed by atoms with Crippen LogP contribution in [0.25, 0.3) is 0 Å². The molecule has 0 radical (unpaired) electrons. The van der Waals surface area contributed by atoms with Crippen LogP contribution in [-0.2, 0) is 9.59 Å². The number of likely N-dealkylation sites (tertiary alicyclic amines) is 2. The molecule has 90 valence electrons. The Morgan fingerprint density at radius 3 is 1.44 bits per heavy atom. The molecule has 0 aromatic carbocycles. The van der Waals surface area contributed by atoms with Gasteiger partial charge in [0.25, 0.3) is 0 Å². The van der Waals surface area contributed by atoms with E-state index < -0.39 is 0 Å². The van der Waals surface area contributed by atoms with E-state index >= 15 is 0 Å². The highest BCUT2D eigenvalue weighted by molar-refractivity contribution is 5.81. The molecule has 0 aliphatic carbocycles. The lowest BCUT2D eigenvalue weighted by atomic mass is 10.1. The smallest absolute Gasteiger partial charge is 0.224 e. The molecule has 2 fully saturated rings. The number of unbranched alkanes of at least 4 members (excludes halogenated alkanes) is 3. The quantitative estimate of drug-likeness (QED) is 0.478. The molecule has 2 amide bonds. The van der Waals surface area contributed by atoms with Crippen molar-refractivity contribution in [2.45, 2.75) is 38.5 Å². The first-order chi connectivity index (χ1) is 7.77. The highest BCUT2D eigenvalue weighted by atomic mass is 16.2. The molecular weight excluding hydrogens is 204 g/mol. The molecule has 0 N–H and O–H groups in total. The van der Waals surface area contributed by atoms with Gasteiger partial charge in [0.15, 0.2) is 0 Å². The second kappa shape index (κ2) is 5.32. The van der Waals surface area contributed by atoms with Gasteiger partial charge < -0.3 is 9.80 Å². The van der Waals surface area contributed by atoms with Gasteiger partial charge in [-0.25, -0.2) is 0 Å². The number of nitrogens with zero attached hydrogens (tertiary/aromatic N) is 2. The molecule has 4 nitrogen and oxygen atoms in total. The molecule has 0 saturated carbocycles. The summed E-state index contributed by atoms with van der Waals surface area (Å²) in [6.07, 6.45) is 6.06. The minimum atomic E-state index is 0.311. The van der Waals surface area contributed by atoms with Gasteiger partial charge in [-0.1, -0.05) is 12.8 Å². The Balaban J connectivity index is 1.40. The van der Waals surface area contributed by atoms with E-state index in [4.69, 9.17) is 0 Å². The fourth-order valence-electron chi connectivity index (χ4n) is 2.15. The van der Waals surface area contributed by atoms with Crippen LogP contribution in [0.15, 0.2) is 0 Å². The molecule has 0 unspecified atom stereocenters. The van der Waals surface area contributed by atoms with Gasteiger partial charge in [0.2, 0.25) is 11.8 Å². The zero-order chi connectivity index (χ0) is 11.4. The third-order valence-electron chi connectivity index (χ3n) is 3.50. The summed E-state index contributed by atoms with van der Waals surface area (Å²) in [5, 5.41) is 0. The number of rotatable bonds is 7. The first-order valence-corrected chi connectivity index (χ1v) is 6.33. The summed E-state index contributed by atoms with van der Waals surface area (Å²) in [4.78, 5) is 25.9. The molecule has 16 heavy (non-hydrogen) atoms. The molecule has 2 rings (SSSR count). The zero-order valence-corrected chi connectivity index (χ0v) is 9.78. The molecule has 2 heterocycles. The summed E-state index contributed by atoms with van der Waals surface area (Å²) in [5.74, 6) is 0.623. The van der Waals surface area contributed by atoms with Gasteiger partial charge in [0.05, 0.1) is 0 Å². The van der Waals surface area contributed by atoms with Crippen LogP contribution < -0.4 is 0 Å². The molecular formula is C12H20N2O2. The van der Waals surface area contributed by atoms with E-state index in [1.165, 1.54) is 12.8 Å². The Morgan fingerprint density at radius 1 is 0.750 bits per heavy atom. The van der Waals surface area contributed by atoms with Crippen LogP contribution in [0.2, 0.25) is 0 Å². The van der Waals surface area contributed by atoms with Crippen LogP contribution in [0, 0.1) is 0 Å². The largest absolute Gasteiger partial charge is 0.342 e. The van der Waals surface area contributed by atoms with Gasteiger partial charge >= 0.3 is 0 Å². The van der Waals surface area contributed by atoms with E-state index in [9.17, 15) is 9.59 Å². The van der Waals surface area contributed by atoms with Crippen molar-refractivity contribution in [3.05, 3.63) is 0 Å². The summed E-state index contributed by atoms with van der Waals surface area (Å²) in [6.45, 7) is 3.78. The van der Waals surface area contributed by atoms with Crippen molar-refractivity contribution in [2.75, 3.05) is 26.2 Å². The monoisotopic (exact) mass is 224 g/mol. The number of hydrogen-bond donors (Lipinski definition) is 0. The molecule has 2 aliphatic heterocycles. The second-order valence-electron chi connectivity index (χ2n) is 4.68. The molecule has 4 heteroatoms. The lowest BCUT2D eigenvalue weighted by molar-refractivity contribution is -0.140. The summed E-state index contributed by atoms with van der Waals surface area (Å²) in [6, 6.07) is 0. The van der Waals surface area contributed by atoms with Crippen LogP contribution in [0.1, 0.15) is 38.5 Å². The van der Waals surface area contributed by atoms with Gasteiger partial charge in [0.1, 0.15) is 0 Å². The van der Waals surface area contributed by atoms with Gasteiger partial charge in [-0.05, 0) is 12.8 Å². The fourth-order valence-corrected chi connectivity index (χ4v) is 2.15. The second-order valence-corrected chi connectivity index (χ2v) is 4.68. The standard InChI is InChI=1S/C12H20N2O2/c15-11-5-9-13(11)7-3-1-2-4-8-14-10-6-12(14)16/h1-10H2. The van der Waals surface area contributed by atoms with E-state index in [-0.39, 0.29) is 0 Å². The Kier molecular flexibility index (Phi) is 3.80. The molecule has 0 spiro atoms. The topological polar surface area (TPSA) is 40.6 Å². The van der Waals surface area contributed by atoms with E-state index in [0.29, 0.717) is 11.8 Å². The van der Waals surface area contributed by atoms with Crippen LogP contribution in [0.4, 0.5) is 0 Å². The lowest BCUT2D eigenvalue weighted by Crippen LogP contribution is -2.44. The highest BCUT2D eigenvalue weighted by Gasteiger charge is 2.23.